The minimum atomic E-state index is -1.32. The van der Waals surface area contributed by atoms with Gasteiger partial charge in [0.2, 0.25) is 11.6 Å². The predicted molar refractivity (Wildman–Crippen MR) is 70.1 cm³/mol. The summed E-state index contributed by atoms with van der Waals surface area (Å²) in [5.74, 6) is -0.342. The summed E-state index contributed by atoms with van der Waals surface area (Å²) >= 11 is 0. The first-order valence-corrected chi connectivity index (χ1v) is 7.04. The van der Waals surface area contributed by atoms with E-state index < -0.39 is 18.0 Å². The molecule has 0 spiro atoms. The minimum Gasteiger partial charge on any atom is -0.290 e. The van der Waals surface area contributed by atoms with Crippen molar-refractivity contribution in [3.05, 3.63) is 47.3 Å². The van der Waals surface area contributed by atoms with Crippen LogP contribution in [0, 0.1) is 11.7 Å². The minimum absolute atomic E-state index is 0.0156. The molecule has 6 heteroatoms. The summed E-state index contributed by atoms with van der Waals surface area (Å²) in [4.78, 5) is 16.0. The number of Topliss-reactive ketones (excluding diaryl/α,β-unsaturated/α-hetero) is 1. The number of benzene rings is 1. The van der Waals surface area contributed by atoms with Crippen molar-refractivity contribution in [3.8, 4) is 0 Å². The molecule has 21 heavy (non-hydrogen) atoms. The normalized spacial score (nSPS) is 24.1. The van der Waals surface area contributed by atoms with E-state index in [9.17, 15) is 13.6 Å². The highest BCUT2D eigenvalue weighted by molar-refractivity contribution is 5.95. The molecule has 2 unspecified atom stereocenters. The number of halogens is 2. The highest BCUT2D eigenvalue weighted by Gasteiger charge is 2.39. The molecule has 0 amide bonds. The Morgan fingerprint density at radius 1 is 1.29 bits per heavy atom. The molecule has 108 valence electrons. The zero-order valence-corrected chi connectivity index (χ0v) is 11.2. The Morgan fingerprint density at radius 2 is 2.05 bits per heavy atom. The monoisotopic (exact) mass is 289 g/mol. The van der Waals surface area contributed by atoms with Crippen molar-refractivity contribution in [2.75, 3.05) is 0 Å². The fraction of sp³-hybridized carbons (Fsp3) is 0.400. The zero-order valence-electron chi connectivity index (χ0n) is 11.2. The van der Waals surface area contributed by atoms with Gasteiger partial charge in [0.05, 0.1) is 6.04 Å². The second kappa shape index (κ2) is 4.44. The van der Waals surface area contributed by atoms with Crippen LogP contribution >= 0.6 is 0 Å². The number of aromatic nitrogens is 3. The molecule has 2 heterocycles. The van der Waals surface area contributed by atoms with Gasteiger partial charge in [0, 0.05) is 17.9 Å². The average molecular weight is 289 g/mol. The molecule has 0 bridgehead atoms. The number of alkyl halides is 1. The molecule has 4 rings (SSSR count). The molecule has 0 N–H and O–H groups in total. The van der Waals surface area contributed by atoms with Crippen molar-refractivity contribution in [2.45, 2.75) is 31.5 Å². The van der Waals surface area contributed by atoms with Crippen LogP contribution in [0.3, 0.4) is 0 Å². The van der Waals surface area contributed by atoms with Crippen LogP contribution in [0.5, 0.6) is 0 Å². The van der Waals surface area contributed by atoms with Gasteiger partial charge < -0.3 is 0 Å². The molecule has 0 saturated heterocycles. The molecular formula is C15H13F2N3O. The van der Waals surface area contributed by atoms with Crippen LogP contribution in [0.4, 0.5) is 8.78 Å². The van der Waals surface area contributed by atoms with Gasteiger partial charge in [-0.2, -0.15) is 0 Å². The van der Waals surface area contributed by atoms with E-state index in [4.69, 9.17) is 0 Å². The molecule has 1 aliphatic carbocycles. The summed E-state index contributed by atoms with van der Waals surface area (Å²) in [6.07, 6.45) is 0.480. The summed E-state index contributed by atoms with van der Waals surface area (Å²) < 4.78 is 29.4. The number of carbonyl (C=O) groups is 1. The third-order valence-electron chi connectivity index (χ3n) is 4.10. The van der Waals surface area contributed by atoms with Crippen molar-refractivity contribution in [1.82, 2.24) is 14.8 Å². The second-order valence-electron chi connectivity index (χ2n) is 5.62. The van der Waals surface area contributed by atoms with Crippen LogP contribution < -0.4 is 0 Å². The number of carbonyl (C=O) groups excluding carboxylic acids is 1. The van der Waals surface area contributed by atoms with Gasteiger partial charge >= 0.3 is 0 Å². The van der Waals surface area contributed by atoms with Gasteiger partial charge in [-0.15, -0.1) is 5.10 Å². The Bertz CT molecular complexity index is 723. The van der Waals surface area contributed by atoms with Crippen molar-refractivity contribution < 1.29 is 13.6 Å². The Hall–Kier alpha value is -2.11. The number of rotatable bonds is 3. The zero-order chi connectivity index (χ0) is 14.6. The molecule has 1 fully saturated rings. The lowest BCUT2D eigenvalue weighted by atomic mass is 10.0. The Labute approximate surface area is 119 Å². The fourth-order valence-electron chi connectivity index (χ4n) is 2.82. The molecule has 4 nitrogen and oxygen atoms in total. The largest absolute Gasteiger partial charge is 0.290 e. The molecule has 1 saturated carbocycles. The molecular weight excluding hydrogens is 276 g/mol. The first-order chi connectivity index (χ1) is 10.1. The number of fused-ring (bicyclic) bond motifs is 1. The Balaban J connectivity index is 1.75. The quantitative estimate of drug-likeness (QED) is 0.816. The van der Waals surface area contributed by atoms with E-state index in [1.165, 1.54) is 10.7 Å². The maximum Gasteiger partial charge on any atom is 0.217 e. The van der Waals surface area contributed by atoms with E-state index in [1.807, 2.05) is 0 Å². The number of hydrogen-bond donors (Lipinski definition) is 0. The highest BCUT2D eigenvalue weighted by atomic mass is 19.1. The molecule has 1 aromatic carbocycles. The van der Waals surface area contributed by atoms with Crippen molar-refractivity contribution in [3.63, 3.8) is 0 Å². The van der Waals surface area contributed by atoms with E-state index in [-0.39, 0.29) is 29.8 Å². The van der Waals surface area contributed by atoms with Gasteiger partial charge in [-0.25, -0.2) is 18.4 Å². The third kappa shape index (κ3) is 1.97. The van der Waals surface area contributed by atoms with Gasteiger partial charge in [0.1, 0.15) is 5.82 Å². The lowest BCUT2D eigenvalue weighted by Crippen LogP contribution is -2.11. The maximum absolute atomic E-state index is 14.1. The van der Waals surface area contributed by atoms with Gasteiger partial charge in [0.25, 0.3) is 0 Å². The van der Waals surface area contributed by atoms with Crippen LogP contribution in [0.25, 0.3) is 0 Å². The first-order valence-electron chi connectivity index (χ1n) is 7.04. The van der Waals surface area contributed by atoms with E-state index >= 15 is 0 Å². The molecule has 2 atom stereocenters. The van der Waals surface area contributed by atoms with Crippen LogP contribution in [0.1, 0.15) is 53.5 Å². The topological polar surface area (TPSA) is 47.8 Å². The van der Waals surface area contributed by atoms with Crippen molar-refractivity contribution in [1.29, 1.82) is 0 Å². The first kappa shape index (κ1) is 12.6. The fourth-order valence-corrected chi connectivity index (χ4v) is 2.82. The Kier molecular flexibility index (Phi) is 2.67. The van der Waals surface area contributed by atoms with Crippen LogP contribution in [-0.2, 0) is 0 Å². The van der Waals surface area contributed by atoms with Crippen molar-refractivity contribution >= 4 is 5.78 Å². The van der Waals surface area contributed by atoms with E-state index in [2.05, 4.69) is 10.1 Å². The van der Waals surface area contributed by atoms with Gasteiger partial charge in [-0.3, -0.25) is 4.79 Å². The average Bonchev–Trinajstić information content (AvgIpc) is 3.15. The standard InChI is InChI=1S/C15H13F2N3O/c16-10-4-2-1-3-9(10)12-7-11(17)15-18-14(19-20(12)15)13(21)8-5-6-8/h1-4,8,11-12H,5-7H2. The Morgan fingerprint density at radius 3 is 2.76 bits per heavy atom. The molecule has 0 radical (unpaired) electrons. The second-order valence-corrected chi connectivity index (χ2v) is 5.62. The SMILES string of the molecule is O=C(c1nc2n(n1)C(c1ccccc1F)CC2F)C1CC1. The smallest absolute Gasteiger partial charge is 0.217 e. The molecule has 2 aromatic rings. The summed E-state index contributed by atoms with van der Waals surface area (Å²) in [7, 11) is 0. The number of nitrogens with zero attached hydrogens (tertiary/aromatic N) is 3. The summed E-state index contributed by atoms with van der Waals surface area (Å²) in [6, 6.07) is 5.71. The summed E-state index contributed by atoms with van der Waals surface area (Å²) in [6.45, 7) is 0. The highest BCUT2D eigenvalue weighted by Crippen LogP contribution is 2.41. The van der Waals surface area contributed by atoms with Gasteiger partial charge in [-0.1, -0.05) is 18.2 Å². The summed E-state index contributed by atoms with van der Waals surface area (Å²) in [5.41, 5.74) is 0.384. The third-order valence-corrected chi connectivity index (χ3v) is 4.10. The van der Waals surface area contributed by atoms with E-state index in [0.717, 1.165) is 12.8 Å². The summed E-state index contributed by atoms with van der Waals surface area (Å²) in [5, 5.41) is 4.15. The molecule has 1 aromatic heterocycles. The van der Waals surface area contributed by atoms with Gasteiger partial charge in [-0.05, 0) is 18.9 Å². The molecule has 2 aliphatic rings. The van der Waals surface area contributed by atoms with E-state index in [1.54, 1.807) is 18.2 Å². The number of ketones is 1. The van der Waals surface area contributed by atoms with Crippen LogP contribution in [0.2, 0.25) is 0 Å². The van der Waals surface area contributed by atoms with Crippen molar-refractivity contribution in [2.24, 2.45) is 5.92 Å². The van der Waals surface area contributed by atoms with E-state index in [0.29, 0.717) is 5.56 Å². The predicted octanol–water partition coefficient (Wildman–Crippen LogP) is 3.01. The lowest BCUT2D eigenvalue weighted by Gasteiger charge is -2.12. The lowest BCUT2D eigenvalue weighted by molar-refractivity contribution is 0.0956. The maximum atomic E-state index is 14.1. The van der Waals surface area contributed by atoms with Crippen LogP contribution in [0.15, 0.2) is 24.3 Å². The van der Waals surface area contributed by atoms with Crippen LogP contribution in [-0.4, -0.2) is 20.5 Å². The number of hydrogen-bond acceptors (Lipinski definition) is 3. The van der Waals surface area contributed by atoms with Gasteiger partial charge in [0.15, 0.2) is 12.0 Å². The molecule has 1 aliphatic heterocycles.